The minimum atomic E-state index is -0.488. The SMILES string of the molecule is C=C(C)C(=O)OCCOC(=O)C(C)(C)CC.C=C(C)C(=O)OCCOC(=O)C(C)(C)CC.C=C(C)C(=O)OCCOC(=O)C(C)(C)CC.C=C(C)C(=O)OCCOC(=O)C(C)(C)CC.CCC(C)c1ccc(-c2ccccc2)cc1.CCC(C)c1ccc2ccccc2c1.CCC(C)c1cccc2ccccc12.CCC(C)c1ccccc1. The summed E-state index contributed by atoms with van der Waals surface area (Å²) in [6.45, 7) is 60.9. The number of rotatable bonds is 33. The van der Waals surface area contributed by atoms with Gasteiger partial charge in [-0.15, -0.1) is 0 Å². The van der Waals surface area contributed by atoms with Gasteiger partial charge in [0.25, 0.3) is 0 Å². The fraction of sp³-hybridized carbons (Fsp3) is 0.471. The van der Waals surface area contributed by atoms with Crippen molar-refractivity contribution in [2.24, 2.45) is 21.7 Å². The van der Waals surface area contributed by atoms with Crippen molar-refractivity contribution in [1.29, 1.82) is 0 Å². The molecular formula is C102H144O16. The Morgan fingerprint density at radius 2 is 0.542 bits per heavy atom. The lowest BCUT2D eigenvalue weighted by molar-refractivity contribution is -0.158. The zero-order valence-corrected chi connectivity index (χ0v) is 76.1. The number of hydrogen-bond acceptors (Lipinski definition) is 16. The Morgan fingerprint density at radius 3 is 0.873 bits per heavy atom. The zero-order valence-electron chi connectivity index (χ0n) is 76.1. The third kappa shape index (κ3) is 42.8. The molecule has 4 unspecified atom stereocenters. The maximum Gasteiger partial charge on any atom is 0.333 e. The molecule has 0 heterocycles. The van der Waals surface area contributed by atoms with Crippen molar-refractivity contribution < 1.29 is 76.3 Å². The summed E-state index contributed by atoms with van der Waals surface area (Å²) in [5, 5.41) is 5.44. The molecule has 0 amide bonds. The van der Waals surface area contributed by atoms with Gasteiger partial charge in [-0.1, -0.05) is 279 Å². The van der Waals surface area contributed by atoms with Crippen LogP contribution in [0.3, 0.4) is 0 Å². The largest absolute Gasteiger partial charge is 0.462 e. The Hall–Kier alpha value is -10.2. The smallest absolute Gasteiger partial charge is 0.333 e. The van der Waals surface area contributed by atoms with Crippen molar-refractivity contribution >= 4 is 69.3 Å². The lowest BCUT2D eigenvalue weighted by Crippen LogP contribution is -2.27. The number of ether oxygens (including phenoxy) is 8. The normalized spacial score (nSPS) is 11.7. The second-order valence-electron chi connectivity index (χ2n) is 32.0. The van der Waals surface area contributed by atoms with Gasteiger partial charge in [0.1, 0.15) is 52.9 Å². The Balaban J connectivity index is 0.00000133. The molecule has 0 bridgehead atoms. The van der Waals surface area contributed by atoms with Crippen molar-refractivity contribution in [3.63, 3.8) is 0 Å². The fourth-order valence-corrected chi connectivity index (χ4v) is 9.46. The summed E-state index contributed by atoms with van der Waals surface area (Å²) in [5.74, 6) is -0.287. The summed E-state index contributed by atoms with van der Waals surface area (Å²) >= 11 is 0. The molecule has 0 aliphatic heterocycles. The number of carbonyl (C=O) groups is 8. The van der Waals surface area contributed by atoms with Gasteiger partial charge in [0.15, 0.2) is 0 Å². The summed E-state index contributed by atoms with van der Waals surface area (Å²) in [6.07, 6.45) is 7.66. The maximum absolute atomic E-state index is 11.5. The molecule has 7 aromatic rings. The van der Waals surface area contributed by atoms with Crippen molar-refractivity contribution in [1.82, 2.24) is 0 Å². The first-order valence-electron chi connectivity index (χ1n) is 41.7. The first kappa shape index (κ1) is 108. The van der Waals surface area contributed by atoms with Crippen LogP contribution in [0.2, 0.25) is 0 Å². The minimum absolute atomic E-state index is 0.0667. The first-order valence-corrected chi connectivity index (χ1v) is 41.7. The molecule has 7 aromatic carbocycles. The second-order valence-corrected chi connectivity index (χ2v) is 32.0. The van der Waals surface area contributed by atoms with Crippen LogP contribution in [-0.4, -0.2) is 101 Å². The molecule has 0 aliphatic rings. The van der Waals surface area contributed by atoms with E-state index in [4.69, 9.17) is 37.9 Å². The summed E-state index contributed by atoms with van der Waals surface area (Å²) in [7, 11) is 0. The van der Waals surface area contributed by atoms with Crippen LogP contribution in [0.5, 0.6) is 0 Å². The molecule has 16 nitrogen and oxygen atoms in total. The second kappa shape index (κ2) is 57.8. The van der Waals surface area contributed by atoms with E-state index in [1.807, 2.05) is 83.1 Å². The van der Waals surface area contributed by atoms with Gasteiger partial charge >= 0.3 is 47.8 Å². The van der Waals surface area contributed by atoms with Crippen LogP contribution in [0.25, 0.3) is 32.7 Å². The predicted molar refractivity (Wildman–Crippen MR) is 484 cm³/mol. The molecule has 0 saturated carbocycles. The number of fused-ring (bicyclic) bond motifs is 2. The van der Waals surface area contributed by atoms with Crippen LogP contribution < -0.4 is 0 Å². The fourth-order valence-electron chi connectivity index (χ4n) is 9.46. The number of hydrogen-bond donors (Lipinski definition) is 0. The topological polar surface area (TPSA) is 210 Å². The van der Waals surface area contributed by atoms with E-state index < -0.39 is 45.5 Å². The standard InChI is InChI=1S/C16H18.2C14H16.4C12H20O4.C10H14/c1-3-13(2)14-9-11-16(12-10-14)15-7-5-4-6-8-15;1-3-11(2)13-10-6-8-12-7-4-5-9-14(12)13;1-3-11(2)13-9-8-12-6-4-5-7-14(12)10-13;4*1-6-12(4,5)11(14)16-8-7-15-10(13)9(2)3;1-3-9(2)10-7-5-4-6-8-10/h4-13H,3H2,1-2H3;2*4-11H,3H2,1-2H3;4*2,6-8H2,1,3-5H3;4-9H,3H2,1-2H3. The van der Waals surface area contributed by atoms with E-state index >= 15 is 0 Å². The Morgan fingerprint density at radius 1 is 0.280 bits per heavy atom. The van der Waals surface area contributed by atoms with Gasteiger partial charge in [0, 0.05) is 22.3 Å². The molecule has 118 heavy (non-hydrogen) atoms. The lowest BCUT2D eigenvalue weighted by atomic mass is 9.91. The summed E-state index contributed by atoms with van der Waals surface area (Å²) in [6, 6.07) is 60.6. The summed E-state index contributed by atoms with van der Waals surface area (Å²) < 4.78 is 39.1. The highest BCUT2D eigenvalue weighted by Crippen LogP contribution is 2.30. The van der Waals surface area contributed by atoms with Gasteiger partial charge in [0.2, 0.25) is 0 Å². The summed E-state index contributed by atoms with van der Waals surface area (Å²) in [5.41, 5.74) is 7.78. The third-order valence-corrected chi connectivity index (χ3v) is 20.4. The van der Waals surface area contributed by atoms with E-state index in [-0.39, 0.29) is 76.7 Å². The average Bonchev–Trinajstić information content (AvgIpc) is 0.815. The molecule has 0 aliphatic carbocycles. The lowest BCUT2D eigenvalue weighted by Gasteiger charge is -2.20. The third-order valence-electron chi connectivity index (χ3n) is 20.4. The van der Waals surface area contributed by atoms with E-state index in [0.717, 1.165) is 0 Å². The molecule has 0 fully saturated rings. The van der Waals surface area contributed by atoms with Crippen LogP contribution >= 0.6 is 0 Å². The molecule has 0 spiro atoms. The van der Waals surface area contributed by atoms with Crippen LogP contribution in [-0.2, 0) is 76.3 Å². The van der Waals surface area contributed by atoms with Crippen molar-refractivity contribution in [3.8, 4) is 11.1 Å². The van der Waals surface area contributed by atoms with E-state index in [9.17, 15) is 38.4 Å². The number of carbonyl (C=O) groups excluding carboxylic acids is 8. The average molecular weight is 1630 g/mol. The minimum Gasteiger partial charge on any atom is -0.462 e. The molecule has 4 atom stereocenters. The van der Waals surface area contributed by atoms with Gasteiger partial charge in [0.05, 0.1) is 21.7 Å². The van der Waals surface area contributed by atoms with Crippen LogP contribution in [0.15, 0.2) is 218 Å². The number of esters is 8. The molecule has 0 saturated heterocycles. The van der Waals surface area contributed by atoms with Gasteiger partial charge in [-0.3, -0.25) is 19.2 Å². The predicted octanol–water partition coefficient (Wildman–Crippen LogP) is 25.1. The molecule has 648 valence electrons. The molecule has 0 aromatic heterocycles. The van der Waals surface area contributed by atoms with Gasteiger partial charge in [-0.05, 0) is 213 Å². The van der Waals surface area contributed by atoms with Crippen LogP contribution in [0.4, 0.5) is 0 Å². The monoisotopic (exact) mass is 1630 g/mol. The van der Waals surface area contributed by atoms with Gasteiger partial charge < -0.3 is 37.9 Å². The highest BCUT2D eigenvalue weighted by atomic mass is 16.6. The number of benzene rings is 7. The van der Waals surface area contributed by atoms with Crippen molar-refractivity contribution in [2.75, 3.05) is 52.9 Å². The van der Waals surface area contributed by atoms with E-state index in [1.54, 1.807) is 27.7 Å². The summed E-state index contributed by atoms with van der Waals surface area (Å²) in [4.78, 5) is 89.9. The van der Waals surface area contributed by atoms with Gasteiger partial charge in [-0.25, -0.2) is 19.2 Å². The highest BCUT2D eigenvalue weighted by Gasteiger charge is 2.30. The molecule has 7 rings (SSSR count). The molecule has 16 heteroatoms. The Labute approximate surface area is 709 Å². The maximum atomic E-state index is 11.5. The highest BCUT2D eigenvalue weighted by molar-refractivity contribution is 5.89. The first-order chi connectivity index (χ1) is 55.5. The van der Waals surface area contributed by atoms with E-state index in [0.29, 0.717) is 71.6 Å². The molecule has 0 N–H and O–H groups in total. The van der Waals surface area contributed by atoms with Crippen LogP contribution in [0, 0.1) is 21.7 Å². The van der Waals surface area contributed by atoms with Crippen molar-refractivity contribution in [3.05, 3.63) is 241 Å². The van der Waals surface area contributed by atoms with Gasteiger partial charge in [-0.2, -0.15) is 0 Å². The van der Waals surface area contributed by atoms with Crippen LogP contribution in [0.1, 0.15) is 263 Å². The zero-order chi connectivity index (χ0) is 89.8. The Kier molecular flexibility index (Phi) is 52.8. The van der Waals surface area contributed by atoms with Crippen molar-refractivity contribution in [2.45, 2.75) is 241 Å². The van der Waals surface area contributed by atoms with E-state index in [1.165, 1.54) is 80.6 Å². The van der Waals surface area contributed by atoms with E-state index in [2.05, 4.69) is 252 Å². The Bertz CT molecular complexity index is 3940. The molecular weight excluding hydrogens is 1480 g/mol. The molecule has 0 radical (unpaired) electrons. The quantitative estimate of drug-likeness (QED) is 0.0162.